The molecule has 3 heterocycles. The van der Waals surface area contributed by atoms with Crippen LogP contribution in [-0.2, 0) is 18.4 Å². The second kappa shape index (κ2) is 7.48. The van der Waals surface area contributed by atoms with E-state index in [1.165, 1.54) is 25.7 Å². The van der Waals surface area contributed by atoms with Gasteiger partial charge in [0.15, 0.2) is 11.8 Å². The summed E-state index contributed by atoms with van der Waals surface area (Å²) in [6.07, 6.45) is 7.85. The van der Waals surface area contributed by atoms with Crippen molar-refractivity contribution < 1.29 is 4.79 Å². The SMILES string of the molecule is Cc1nnc(CN=C(NC2CCCC2)N2CCCC3(CNC(=O)C3)C2)n1C. The van der Waals surface area contributed by atoms with E-state index in [-0.39, 0.29) is 11.3 Å². The zero-order valence-corrected chi connectivity index (χ0v) is 16.5. The molecule has 3 fully saturated rings. The maximum atomic E-state index is 11.8. The van der Waals surface area contributed by atoms with E-state index in [0.717, 1.165) is 50.1 Å². The lowest BCUT2D eigenvalue weighted by Gasteiger charge is -2.41. The van der Waals surface area contributed by atoms with E-state index in [4.69, 9.17) is 4.99 Å². The third-order valence-corrected chi connectivity index (χ3v) is 6.40. The van der Waals surface area contributed by atoms with E-state index in [0.29, 0.717) is 19.0 Å². The van der Waals surface area contributed by atoms with Crippen molar-refractivity contribution in [2.24, 2.45) is 17.5 Å². The third-order valence-electron chi connectivity index (χ3n) is 6.40. The van der Waals surface area contributed by atoms with E-state index in [1.807, 2.05) is 18.5 Å². The van der Waals surface area contributed by atoms with E-state index in [1.54, 1.807) is 0 Å². The van der Waals surface area contributed by atoms with E-state index >= 15 is 0 Å². The number of amides is 1. The largest absolute Gasteiger partial charge is 0.355 e. The number of nitrogens with one attached hydrogen (secondary N) is 2. The number of aliphatic imine (C=N–C) groups is 1. The van der Waals surface area contributed by atoms with Crippen LogP contribution in [0.25, 0.3) is 0 Å². The molecule has 0 bridgehead atoms. The predicted octanol–water partition coefficient (Wildman–Crippen LogP) is 1.11. The monoisotopic (exact) mass is 373 g/mol. The molecule has 2 N–H and O–H groups in total. The van der Waals surface area contributed by atoms with Crippen LogP contribution in [0, 0.1) is 12.3 Å². The molecule has 1 amide bonds. The smallest absolute Gasteiger partial charge is 0.220 e. The quantitative estimate of drug-likeness (QED) is 0.612. The maximum Gasteiger partial charge on any atom is 0.220 e. The van der Waals surface area contributed by atoms with Crippen LogP contribution < -0.4 is 10.6 Å². The van der Waals surface area contributed by atoms with Gasteiger partial charge in [-0.15, -0.1) is 10.2 Å². The first-order chi connectivity index (χ1) is 13.0. The number of hydrogen-bond donors (Lipinski definition) is 2. The lowest BCUT2D eigenvalue weighted by atomic mass is 9.79. The van der Waals surface area contributed by atoms with Gasteiger partial charge in [-0.1, -0.05) is 12.8 Å². The number of rotatable bonds is 3. The molecule has 1 aliphatic carbocycles. The molecule has 0 aromatic carbocycles. The highest BCUT2D eigenvalue weighted by atomic mass is 16.1. The van der Waals surface area contributed by atoms with Gasteiger partial charge < -0.3 is 20.1 Å². The van der Waals surface area contributed by atoms with Gasteiger partial charge in [-0.3, -0.25) is 4.79 Å². The number of carbonyl (C=O) groups excluding carboxylic acids is 1. The Labute approximate surface area is 160 Å². The van der Waals surface area contributed by atoms with Crippen LogP contribution in [0.5, 0.6) is 0 Å². The number of aryl methyl sites for hydroxylation is 1. The number of carbonyl (C=O) groups is 1. The summed E-state index contributed by atoms with van der Waals surface area (Å²) in [5, 5.41) is 15.1. The fraction of sp³-hybridized carbons (Fsp3) is 0.789. The highest BCUT2D eigenvalue weighted by Gasteiger charge is 2.42. The normalized spacial score (nSPS) is 26.8. The molecule has 1 atom stereocenters. The average molecular weight is 374 g/mol. The highest BCUT2D eigenvalue weighted by Crippen LogP contribution is 2.36. The van der Waals surface area contributed by atoms with Gasteiger partial charge in [-0.2, -0.15) is 0 Å². The number of nitrogens with zero attached hydrogens (tertiary/aromatic N) is 5. The van der Waals surface area contributed by atoms with Crippen molar-refractivity contribution >= 4 is 11.9 Å². The first-order valence-electron chi connectivity index (χ1n) is 10.2. The number of guanidine groups is 1. The zero-order chi connectivity index (χ0) is 18.9. The Morgan fingerprint density at radius 1 is 1.33 bits per heavy atom. The molecule has 2 aliphatic heterocycles. The number of likely N-dealkylation sites (tertiary alicyclic amines) is 1. The number of piperidine rings is 1. The van der Waals surface area contributed by atoms with Crippen molar-refractivity contribution in [3.63, 3.8) is 0 Å². The molecule has 0 radical (unpaired) electrons. The molecule has 1 aromatic rings. The van der Waals surface area contributed by atoms with Crippen LogP contribution in [-0.4, -0.2) is 57.2 Å². The fourth-order valence-corrected chi connectivity index (χ4v) is 4.65. The van der Waals surface area contributed by atoms with Crippen LogP contribution in [0.1, 0.15) is 56.6 Å². The molecule has 2 saturated heterocycles. The molecule has 1 unspecified atom stereocenters. The first kappa shape index (κ1) is 18.3. The summed E-state index contributed by atoms with van der Waals surface area (Å²) in [5.41, 5.74) is 0.0643. The Bertz CT molecular complexity index is 722. The van der Waals surface area contributed by atoms with Crippen LogP contribution in [0.4, 0.5) is 0 Å². The Balaban J connectivity index is 1.52. The Morgan fingerprint density at radius 3 is 2.81 bits per heavy atom. The second-order valence-electron chi connectivity index (χ2n) is 8.47. The van der Waals surface area contributed by atoms with Crippen LogP contribution >= 0.6 is 0 Å². The van der Waals surface area contributed by atoms with Crippen molar-refractivity contribution in [2.45, 2.75) is 64.5 Å². The van der Waals surface area contributed by atoms with Gasteiger partial charge in [0, 0.05) is 44.6 Å². The molecule has 1 aromatic heterocycles. The zero-order valence-electron chi connectivity index (χ0n) is 16.5. The minimum atomic E-state index is 0.0643. The van der Waals surface area contributed by atoms with Gasteiger partial charge in [-0.25, -0.2) is 4.99 Å². The fourth-order valence-electron chi connectivity index (χ4n) is 4.65. The lowest BCUT2D eigenvalue weighted by Crippen LogP contribution is -2.53. The van der Waals surface area contributed by atoms with Crippen molar-refractivity contribution in [2.75, 3.05) is 19.6 Å². The molecule has 8 heteroatoms. The molecule has 1 saturated carbocycles. The third kappa shape index (κ3) is 3.94. The minimum Gasteiger partial charge on any atom is -0.355 e. The lowest BCUT2D eigenvalue weighted by molar-refractivity contribution is -0.119. The van der Waals surface area contributed by atoms with Gasteiger partial charge in [0.2, 0.25) is 5.91 Å². The molecule has 27 heavy (non-hydrogen) atoms. The summed E-state index contributed by atoms with van der Waals surface area (Å²) in [6.45, 7) is 5.15. The van der Waals surface area contributed by atoms with E-state index < -0.39 is 0 Å². The number of hydrogen-bond acceptors (Lipinski definition) is 4. The molecule has 148 valence electrons. The average Bonchev–Trinajstić information content (AvgIpc) is 3.36. The summed E-state index contributed by atoms with van der Waals surface area (Å²) in [6, 6.07) is 0.506. The number of aromatic nitrogens is 3. The molecule has 8 nitrogen and oxygen atoms in total. The van der Waals surface area contributed by atoms with Crippen LogP contribution in [0.2, 0.25) is 0 Å². The van der Waals surface area contributed by atoms with E-state index in [2.05, 4.69) is 25.7 Å². The van der Waals surface area contributed by atoms with Gasteiger partial charge >= 0.3 is 0 Å². The molecular weight excluding hydrogens is 342 g/mol. The van der Waals surface area contributed by atoms with Gasteiger partial charge in [0.1, 0.15) is 12.4 Å². The summed E-state index contributed by atoms with van der Waals surface area (Å²) in [7, 11) is 1.98. The molecule has 4 rings (SSSR count). The standard InChI is InChI=1S/C19H31N7O/c1-14-23-24-16(25(14)2)11-20-18(22-15-6-3-4-7-15)26-9-5-8-19(13-26)10-17(27)21-12-19/h15H,3-13H2,1-2H3,(H,20,22)(H,21,27). The van der Waals surface area contributed by atoms with E-state index in [9.17, 15) is 4.79 Å². The Hall–Kier alpha value is -2.12. The van der Waals surface area contributed by atoms with Crippen molar-refractivity contribution in [3.05, 3.63) is 11.6 Å². The highest BCUT2D eigenvalue weighted by molar-refractivity contribution is 5.82. The van der Waals surface area contributed by atoms with Gasteiger partial charge in [0.05, 0.1) is 0 Å². The topological polar surface area (TPSA) is 87.4 Å². The predicted molar refractivity (Wildman–Crippen MR) is 103 cm³/mol. The molecular formula is C19H31N7O. The van der Waals surface area contributed by atoms with Crippen molar-refractivity contribution in [1.29, 1.82) is 0 Å². The summed E-state index contributed by atoms with van der Waals surface area (Å²) in [4.78, 5) is 19.1. The van der Waals surface area contributed by atoms with Crippen molar-refractivity contribution in [1.82, 2.24) is 30.3 Å². The van der Waals surface area contributed by atoms with Gasteiger partial charge in [-0.05, 0) is 32.6 Å². The summed E-state index contributed by atoms with van der Waals surface area (Å²) >= 11 is 0. The summed E-state index contributed by atoms with van der Waals surface area (Å²) < 4.78 is 1.99. The Morgan fingerprint density at radius 2 is 2.15 bits per heavy atom. The summed E-state index contributed by atoms with van der Waals surface area (Å²) in [5.74, 6) is 2.94. The van der Waals surface area contributed by atoms with Crippen LogP contribution in [0.3, 0.4) is 0 Å². The van der Waals surface area contributed by atoms with Crippen molar-refractivity contribution in [3.8, 4) is 0 Å². The maximum absolute atomic E-state index is 11.8. The first-order valence-corrected chi connectivity index (χ1v) is 10.2. The second-order valence-corrected chi connectivity index (χ2v) is 8.47. The molecule has 1 spiro atoms. The molecule has 3 aliphatic rings. The van der Waals surface area contributed by atoms with Gasteiger partial charge in [0.25, 0.3) is 0 Å². The minimum absolute atomic E-state index is 0.0643. The Kier molecular flexibility index (Phi) is 5.06. The van der Waals surface area contributed by atoms with Crippen LogP contribution in [0.15, 0.2) is 4.99 Å².